The molecule has 4 heterocycles. The number of nitrogens with two attached hydrogens (primary N) is 1. The van der Waals surface area contributed by atoms with Crippen LogP contribution in [0.3, 0.4) is 0 Å². The molecule has 0 bridgehead atoms. The first-order chi connectivity index (χ1) is 12.6. The third-order valence-corrected chi connectivity index (χ3v) is 7.14. The Hall–Kier alpha value is -1.44. The molecule has 0 aromatic carbocycles. The molecule has 0 spiro atoms. The Morgan fingerprint density at radius 2 is 1.96 bits per heavy atom. The Labute approximate surface area is 170 Å². The SMILES string of the molecule is Cc1sc2ncnc(N3CCC(C(=O)N4CCCC4CN)CC3)c2c1C.Cl. The predicted octanol–water partition coefficient (Wildman–Crippen LogP) is 2.90. The normalized spacial score (nSPS) is 20.9. The molecule has 4 rings (SSSR count). The lowest BCUT2D eigenvalue weighted by Crippen LogP contribution is -2.46. The predicted molar refractivity (Wildman–Crippen MR) is 113 cm³/mol. The Kier molecular flexibility index (Phi) is 6.23. The van der Waals surface area contributed by atoms with Crippen molar-refractivity contribution in [1.82, 2.24) is 14.9 Å². The lowest BCUT2D eigenvalue weighted by molar-refractivity contribution is -0.136. The number of aryl methyl sites for hydroxylation is 2. The number of carbonyl (C=O) groups excluding carboxylic acids is 1. The highest BCUT2D eigenvalue weighted by molar-refractivity contribution is 7.18. The van der Waals surface area contributed by atoms with Gasteiger partial charge >= 0.3 is 0 Å². The van der Waals surface area contributed by atoms with Crippen molar-refractivity contribution in [3.05, 3.63) is 16.8 Å². The number of aromatic nitrogens is 2. The molecule has 1 unspecified atom stereocenters. The van der Waals surface area contributed by atoms with Crippen LogP contribution in [0, 0.1) is 19.8 Å². The number of thiophene rings is 1. The minimum Gasteiger partial charge on any atom is -0.356 e. The average Bonchev–Trinajstić information content (AvgIpc) is 3.26. The number of nitrogens with zero attached hydrogens (tertiary/aromatic N) is 4. The van der Waals surface area contributed by atoms with Crippen molar-refractivity contribution in [1.29, 1.82) is 0 Å². The van der Waals surface area contributed by atoms with Crippen molar-refractivity contribution < 1.29 is 4.79 Å². The quantitative estimate of drug-likeness (QED) is 0.843. The zero-order chi connectivity index (χ0) is 18.3. The van der Waals surface area contributed by atoms with E-state index in [1.165, 1.54) is 15.8 Å². The maximum atomic E-state index is 12.9. The van der Waals surface area contributed by atoms with E-state index in [1.54, 1.807) is 17.7 Å². The number of carbonyl (C=O) groups is 1. The number of anilines is 1. The molecule has 2 aromatic heterocycles. The van der Waals surface area contributed by atoms with Crippen LogP contribution >= 0.6 is 23.7 Å². The molecule has 2 saturated heterocycles. The molecule has 0 aliphatic carbocycles. The number of piperidine rings is 1. The standard InChI is InChI=1S/C19H27N5OS.ClH/c1-12-13(2)26-18-16(12)17(21-11-22-18)23-8-5-14(6-9-23)19(25)24-7-3-4-15(24)10-20;/h11,14-15H,3-10,20H2,1-2H3;1H. The van der Waals surface area contributed by atoms with Crippen LogP contribution in [0.2, 0.25) is 0 Å². The van der Waals surface area contributed by atoms with E-state index in [0.29, 0.717) is 12.5 Å². The van der Waals surface area contributed by atoms with Gasteiger partial charge in [0.25, 0.3) is 0 Å². The maximum Gasteiger partial charge on any atom is 0.226 e. The van der Waals surface area contributed by atoms with Crippen molar-refractivity contribution in [2.75, 3.05) is 31.1 Å². The monoisotopic (exact) mass is 409 g/mol. The fourth-order valence-corrected chi connectivity index (χ4v) is 5.34. The van der Waals surface area contributed by atoms with Gasteiger partial charge in [0.2, 0.25) is 5.91 Å². The lowest BCUT2D eigenvalue weighted by atomic mass is 9.94. The van der Waals surface area contributed by atoms with E-state index in [4.69, 9.17) is 5.73 Å². The summed E-state index contributed by atoms with van der Waals surface area (Å²) in [4.78, 5) is 28.7. The molecule has 6 nitrogen and oxygen atoms in total. The summed E-state index contributed by atoms with van der Waals surface area (Å²) in [6.45, 7) is 7.50. The van der Waals surface area contributed by atoms with Gasteiger partial charge in [-0.15, -0.1) is 23.7 Å². The summed E-state index contributed by atoms with van der Waals surface area (Å²) >= 11 is 1.73. The Morgan fingerprint density at radius 3 is 2.67 bits per heavy atom. The van der Waals surface area contributed by atoms with Crippen LogP contribution < -0.4 is 10.6 Å². The van der Waals surface area contributed by atoms with E-state index in [0.717, 1.165) is 56.0 Å². The molecular formula is C19H28ClN5OS. The zero-order valence-electron chi connectivity index (χ0n) is 16.0. The van der Waals surface area contributed by atoms with Gasteiger partial charge in [0.1, 0.15) is 17.0 Å². The van der Waals surface area contributed by atoms with Crippen molar-refractivity contribution in [3.63, 3.8) is 0 Å². The minimum absolute atomic E-state index is 0. The van der Waals surface area contributed by atoms with Gasteiger partial charge in [0.05, 0.1) is 5.39 Å². The van der Waals surface area contributed by atoms with E-state index in [9.17, 15) is 4.79 Å². The largest absolute Gasteiger partial charge is 0.356 e. The smallest absolute Gasteiger partial charge is 0.226 e. The van der Waals surface area contributed by atoms with E-state index in [1.807, 2.05) is 4.90 Å². The van der Waals surface area contributed by atoms with Crippen LogP contribution in [-0.4, -0.2) is 53.0 Å². The van der Waals surface area contributed by atoms with Crippen molar-refractivity contribution in [2.24, 2.45) is 11.7 Å². The number of likely N-dealkylation sites (tertiary alicyclic amines) is 1. The summed E-state index contributed by atoms with van der Waals surface area (Å²) in [5, 5.41) is 1.18. The van der Waals surface area contributed by atoms with Crippen LogP contribution in [0.5, 0.6) is 0 Å². The summed E-state index contributed by atoms with van der Waals surface area (Å²) < 4.78 is 0. The molecule has 0 saturated carbocycles. The number of amides is 1. The van der Waals surface area contributed by atoms with Gasteiger partial charge in [0, 0.05) is 43.0 Å². The third kappa shape index (κ3) is 3.65. The van der Waals surface area contributed by atoms with E-state index in [2.05, 4.69) is 28.7 Å². The van der Waals surface area contributed by atoms with Gasteiger partial charge in [-0.25, -0.2) is 9.97 Å². The molecule has 27 heavy (non-hydrogen) atoms. The van der Waals surface area contributed by atoms with Gasteiger partial charge < -0.3 is 15.5 Å². The highest BCUT2D eigenvalue weighted by Gasteiger charge is 2.34. The van der Waals surface area contributed by atoms with Gasteiger partial charge in [0.15, 0.2) is 0 Å². The summed E-state index contributed by atoms with van der Waals surface area (Å²) in [5.41, 5.74) is 7.12. The molecular weight excluding hydrogens is 382 g/mol. The average molecular weight is 410 g/mol. The minimum atomic E-state index is 0. The van der Waals surface area contributed by atoms with E-state index < -0.39 is 0 Å². The number of hydrogen-bond donors (Lipinski definition) is 1. The van der Waals surface area contributed by atoms with E-state index in [-0.39, 0.29) is 24.4 Å². The van der Waals surface area contributed by atoms with Crippen LogP contribution in [0.25, 0.3) is 10.2 Å². The van der Waals surface area contributed by atoms with Gasteiger partial charge in [-0.2, -0.15) is 0 Å². The van der Waals surface area contributed by atoms with E-state index >= 15 is 0 Å². The van der Waals surface area contributed by atoms with Crippen LogP contribution in [-0.2, 0) is 4.79 Å². The number of rotatable bonds is 3. The van der Waals surface area contributed by atoms with Crippen molar-refractivity contribution in [3.8, 4) is 0 Å². The first kappa shape index (κ1) is 20.3. The van der Waals surface area contributed by atoms with Crippen molar-refractivity contribution >= 4 is 45.7 Å². The number of halogens is 1. The molecule has 8 heteroatoms. The first-order valence-corrected chi connectivity index (χ1v) is 10.4. The van der Waals surface area contributed by atoms with Crippen LogP contribution in [0.1, 0.15) is 36.1 Å². The highest BCUT2D eigenvalue weighted by Crippen LogP contribution is 2.36. The summed E-state index contributed by atoms with van der Waals surface area (Å²) in [5.74, 6) is 1.47. The Balaban J connectivity index is 0.00000210. The Bertz CT molecular complexity index is 818. The van der Waals surface area contributed by atoms with Gasteiger partial charge in [-0.05, 0) is 45.1 Å². The molecule has 1 amide bonds. The summed E-state index contributed by atoms with van der Waals surface area (Å²) in [6.07, 6.45) is 5.58. The third-order valence-electron chi connectivity index (χ3n) is 6.02. The van der Waals surface area contributed by atoms with Crippen LogP contribution in [0.15, 0.2) is 6.33 Å². The van der Waals surface area contributed by atoms with Gasteiger partial charge in [-0.1, -0.05) is 0 Å². The van der Waals surface area contributed by atoms with Crippen LogP contribution in [0.4, 0.5) is 5.82 Å². The molecule has 2 aliphatic heterocycles. The molecule has 2 aromatic rings. The molecule has 2 aliphatic rings. The Morgan fingerprint density at radius 1 is 1.22 bits per heavy atom. The molecule has 148 valence electrons. The fourth-order valence-electron chi connectivity index (χ4n) is 4.35. The lowest BCUT2D eigenvalue weighted by Gasteiger charge is -2.35. The number of hydrogen-bond acceptors (Lipinski definition) is 6. The zero-order valence-corrected chi connectivity index (χ0v) is 17.6. The maximum absolute atomic E-state index is 12.9. The topological polar surface area (TPSA) is 75.4 Å². The second-order valence-corrected chi connectivity index (χ2v) is 8.69. The summed E-state index contributed by atoms with van der Waals surface area (Å²) in [6, 6.07) is 0.249. The highest BCUT2D eigenvalue weighted by atomic mass is 35.5. The molecule has 1 atom stereocenters. The molecule has 2 fully saturated rings. The second kappa shape index (κ2) is 8.29. The van der Waals surface area contributed by atoms with Gasteiger partial charge in [-0.3, -0.25) is 4.79 Å². The van der Waals surface area contributed by atoms with Crippen molar-refractivity contribution in [2.45, 2.75) is 45.6 Å². The summed E-state index contributed by atoms with van der Waals surface area (Å²) in [7, 11) is 0. The molecule has 2 N–H and O–H groups in total. The molecule has 0 radical (unpaired) electrons. The number of fused-ring (bicyclic) bond motifs is 1. The second-order valence-electron chi connectivity index (χ2n) is 7.49. The first-order valence-electron chi connectivity index (χ1n) is 9.56. The fraction of sp³-hybridized carbons (Fsp3) is 0.632.